The molecule has 190 valence electrons. The van der Waals surface area contributed by atoms with Gasteiger partial charge in [0.2, 0.25) is 0 Å². The van der Waals surface area contributed by atoms with E-state index < -0.39 is 0 Å². The highest BCUT2D eigenvalue weighted by atomic mass is 32.2. The molecule has 0 unspecified atom stereocenters. The van der Waals surface area contributed by atoms with E-state index >= 15 is 0 Å². The maximum atomic E-state index is 12.6. The highest BCUT2D eigenvalue weighted by Crippen LogP contribution is 2.23. The molecular formula is C27H42N2O4S. The topological polar surface area (TPSA) is 68.8 Å². The Bertz CT molecular complexity index is 802. The smallest absolute Gasteiger partial charge is 0.254 e. The van der Waals surface area contributed by atoms with Crippen LogP contribution < -0.4 is 10.8 Å². The SMILES string of the molecule is COOCCCNOCNC(=O)c1ccccc1SCC=C(C)CCC=C(C)CCC=C(C)C. The molecule has 1 rings (SSSR count). The van der Waals surface area contributed by atoms with Gasteiger partial charge in [-0.1, -0.05) is 47.1 Å². The maximum Gasteiger partial charge on any atom is 0.254 e. The van der Waals surface area contributed by atoms with Crippen LogP contribution in [0.3, 0.4) is 0 Å². The van der Waals surface area contributed by atoms with Crippen molar-refractivity contribution in [1.82, 2.24) is 10.8 Å². The van der Waals surface area contributed by atoms with Crippen LogP contribution in [-0.2, 0) is 14.6 Å². The zero-order chi connectivity index (χ0) is 25.0. The molecule has 0 heterocycles. The number of nitrogens with one attached hydrogen (secondary N) is 2. The van der Waals surface area contributed by atoms with Gasteiger partial charge in [0.25, 0.3) is 5.91 Å². The fourth-order valence-corrected chi connectivity index (χ4v) is 4.04. The molecule has 0 saturated carbocycles. The van der Waals surface area contributed by atoms with Gasteiger partial charge in [-0.3, -0.25) is 9.63 Å². The monoisotopic (exact) mass is 490 g/mol. The Balaban J connectivity index is 2.37. The van der Waals surface area contributed by atoms with Crippen molar-refractivity contribution >= 4 is 17.7 Å². The Morgan fingerprint density at radius 1 is 1.00 bits per heavy atom. The molecule has 0 aliphatic carbocycles. The number of carbonyl (C=O) groups is 1. The summed E-state index contributed by atoms with van der Waals surface area (Å²) < 4.78 is 0. The molecule has 1 amide bonds. The van der Waals surface area contributed by atoms with Crippen molar-refractivity contribution < 1.29 is 19.4 Å². The highest BCUT2D eigenvalue weighted by Gasteiger charge is 2.10. The fraction of sp³-hybridized carbons (Fsp3) is 0.519. The molecule has 1 aromatic rings. The lowest BCUT2D eigenvalue weighted by atomic mass is 10.1. The second kappa shape index (κ2) is 19.4. The van der Waals surface area contributed by atoms with Crippen molar-refractivity contribution in [1.29, 1.82) is 0 Å². The molecule has 2 N–H and O–H groups in total. The molecule has 0 aromatic heterocycles. The third-order valence-corrected chi connectivity index (χ3v) is 5.96. The second-order valence-electron chi connectivity index (χ2n) is 8.30. The first-order valence-electron chi connectivity index (χ1n) is 11.9. The lowest BCUT2D eigenvalue weighted by Crippen LogP contribution is -2.31. The summed E-state index contributed by atoms with van der Waals surface area (Å²) in [5.74, 6) is 0.683. The van der Waals surface area contributed by atoms with Gasteiger partial charge in [-0.2, -0.15) is 0 Å². The predicted molar refractivity (Wildman–Crippen MR) is 142 cm³/mol. The maximum absolute atomic E-state index is 12.6. The lowest BCUT2D eigenvalue weighted by Gasteiger charge is -2.10. The van der Waals surface area contributed by atoms with Gasteiger partial charge in [-0.05, 0) is 71.9 Å². The summed E-state index contributed by atoms with van der Waals surface area (Å²) in [7, 11) is 1.47. The summed E-state index contributed by atoms with van der Waals surface area (Å²) in [5, 5.41) is 2.78. The zero-order valence-corrected chi connectivity index (χ0v) is 22.3. The van der Waals surface area contributed by atoms with Gasteiger partial charge < -0.3 is 5.32 Å². The van der Waals surface area contributed by atoms with E-state index in [9.17, 15) is 4.79 Å². The summed E-state index contributed by atoms with van der Waals surface area (Å²) in [6, 6.07) is 7.66. The Kier molecular flexibility index (Phi) is 17.2. The van der Waals surface area contributed by atoms with E-state index in [1.165, 1.54) is 23.8 Å². The first kappa shape index (κ1) is 30.1. The highest BCUT2D eigenvalue weighted by molar-refractivity contribution is 7.99. The minimum absolute atomic E-state index is 0.0866. The summed E-state index contributed by atoms with van der Waals surface area (Å²) in [6.45, 7) is 9.85. The molecule has 0 atom stereocenters. The van der Waals surface area contributed by atoms with Crippen LogP contribution in [0.1, 0.15) is 70.2 Å². The number of amides is 1. The first-order valence-corrected chi connectivity index (χ1v) is 12.9. The van der Waals surface area contributed by atoms with Crippen LogP contribution in [0.15, 0.2) is 64.1 Å². The van der Waals surface area contributed by atoms with Crippen molar-refractivity contribution in [3.63, 3.8) is 0 Å². The van der Waals surface area contributed by atoms with E-state index in [0.29, 0.717) is 18.7 Å². The van der Waals surface area contributed by atoms with Gasteiger partial charge in [0.05, 0.1) is 19.3 Å². The van der Waals surface area contributed by atoms with Crippen LogP contribution >= 0.6 is 11.8 Å². The van der Waals surface area contributed by atoms with E-state index in [0.717, 1.165) is 42.8 Å². The van der Waals surface area contributed by atoms with Crippen molar-refractivity contribution in [2.24, 2.45) is 0 Å². The van der Waals surface area contributed by atoms with Crippen LogP contribution in [0.2, 0.25) is 0 Å². The number of rotatable bonds is 18. The molecule has 34 heavy (non-hydrogen) atoms. The van der Waals surface area contributed by atoms with E-state index in [1.54, 1.807) is 11.8 Å². The van der Waals surface area contributed by atoms with Gasteiger partial charge in [0, 0.05) is 17.2 Å². The quantitative estimate of drug-likeness (QED) is 0.0622. The molecule has 7 heteroatoms. The zero-order valence-electron chi connectivity index (χ0n) is 21.4. The number of carbonyl (C=O) groups excluding carboxylic acids is 1. The summed E-state index contributed by atoms with van der Waals surface area (Å²) in [4.78, 5) is 28.0. The Morgan fingerprint density at radius 3 is 2.44 bits per heavy atom. The number of hydrogen-bond donors (Lipinski definition) is 2. The first-order chi connectivity index (χ1) is 16.4. The van der Waals surface area contributed by atoms with Crippen LogP contribution in [0.5, 0.6) is 0 Å². The largest absolute Gasteiger partial charge is 0.327 e. The summed E-state index contributed by atoms with van der Waals surface area (Å²) >= 11 is 1.67. The number of hydroxylamine groups is 1. The number of benzene rings is 1. The average Bonchev–Trinajstić information content (AvgIpc) is 2.80. The van der Waals surface area contributed by atoms with E-state index in [-0.39, 0.29) is 12.6 Å². The van der Waals surface area contributed by atoms with E-state index in [2.05, 4.69) is 61.6 Å². The van der Waals surface area contributed by atoms with Crippen molar-refractivity contribution in [3.8, 4) is 0 Å². The molecule has 0 saturated heterocycles. The van der Waals surface area contributed by atoms with Crippen LogP contribution in [-0.4, -0.2) is 38.7 Å². The minimum atomic E-state index is -0.151. The molecular weight excluding hydrogens is 448 g/mol. The van der Waals surface area contributed by atoms with Crippen molar-refractivity contribution in [2.75, 3.05) is 32.7 Å². The standard InChI is InChI=1S/C27H42N2O4S/c1-22(2)11-8-12-23(3)13-9-14-24(4)17-20-34-26-16-7-6-15-25(26)27(30)28-21-32-29-18-10-19-33-31-5/h6-7,11,13,15-17,29H,8-10,12,14,18-21H2,1-5H3,(H,28,30). The summed E-state index contributed by atoms with van der Waals surface area (Å²) in [5.41, 5.74) is 7.65. The Hall–Kier alpha value is -1.90. The van der Waals surface area contributed by atoms with Gasteiger partial charge >= 0.3 is 0 Å². The van der Waals surface area contributed by atoms with Gasteiger partial charge in [0.1, 0.15) is 6.73 Å². The Labute approximate surface area is 210 Å². The predicted octanol–water partition coefficient (Wildman–Crippen LogP) is 6.37. The van der Waals surface area contributed by atoms with E-state index in [4.69, 9.17) is 9.73 Å². The van der Waals surface area contributed by atoms with Gasteiger partial charge in [0.15, 0.2) is 0 Å². The third kappa shape index (κ3) is 15.1. The van der Waals surface area contributed by atoms with Crippen LogP contribution in [0.25, 0.3) is 0 Å². The molecule has 1 aromatic carbocycles. The molecule has 6 nitrogen and oxygen atoms in total. The average molecular weight is 491 g/mol. The molecule has 0 aliphatic heterocycles. The van der Waals surface area contributed by atoms with Crippen LogP contribution in [0.4, 0.5) is 0 Å². The Morgan fingerprint density at radius 2 is 1.71 bits per heavy atom. The number of allylic oxidation sites excluding steroid dienone is 5. The molecule has 0 radical (unpaired) electrons. The van der Waals surface area contributed by atoms with Gasteiger partial charge in [-0.25, -0.2) is 15.3 Å². The molecule has 0 bridgehead atoms. The summed E-state index contributed by atoms with van der Waals surface area (Å²) in [6.07, 6.45) is 12.0. The fourth-order valence-electron chi connectivity index (χ4n) is 3.00. The normalized spacial score (nSPS) is 12.0. The molecule has 0 aliphatic rings. The second-order valence-corrected chi connectivity index (χ2v) is 9.36. The molecule has 0 spiro atoms. The van der Waals surface area contributed by atoms with Crippen molar-refractivity contribution in [2.45, 2.75) is 64.7 Å². The van der Waals surface area contributed by atoms with Crippen LogP contribution in [0, 0.1) is 0 Å². The van der Waals surface area contributed by atoms with E-state index in [1.807, 2.05) is 24.3 Å². The minimum Gasteiger partial charge on any atom is -0.327 e. The lowest BCUT2D eigenvalue weighted by molar-refractivity contribution is -0.272. The number of thioether (sulfide) groups is 1. The molecule has 0 fully saturated rings. The number of hydrogen-bond acceptors (Lipinski definition) is 6. The van der Waals surface area contributed by atoms with Crippen molar-refractivity contribution in [3.05, 3.63) is 64.8 Å². The third-order valence-electron chi connectivity index (χ3n) is 4.96. The van der Waals surface area contributed by atoms with Gasteiger partial charge in [-0.15, -0.1) is 11.8 Å².